The molecular weight excluding hydrogens is 377 g/mol. The monoisotopic (exact) mass is 405 g/mol. The highest BCUT2D eigenvalue weighted by Gasteiger charge is 2.20. The number of nitrogens with zero attached hydrogens (tertiary/aromatic N) is 2. The van der Waals surface area contributed by atoms with Crippen molar-refractivity contribution in [3.05, 3.63) is 59.9 Å². The highest BCUT2D eigenvalue weighted by molar-refractivity contribution is 7.89. The summed E-state index contributed by atoms with van der Waals surface area (Å²) in [7, 11) is -3.70. The van der Waals surface area contributed by atoms with E-state index in [9.17, 15) is 12.8 Å². The van der Waals surface area contributed by atoms with Gasteiger partial charge < -0.3 is 4.90 Å². The number of sulfonamides is 1. The van der Waals surface area contributed by atoms with Crippen LogP contribution in [-0.2, 0) is 10.0 Å². The van der Waals surface area contributed by atoms with E-state index in [0.717, 1.165) is 38.8 Å². The zero-order valence-electron chi connectivity index (χ0n) is 16.4. The first-order valence-corrected chi connectivity index (χ1v) is 11.1. The molecule has 0 spiro atoms. The second-order valence-corrected chi connectivity index (χ2v) is 9.15. The van der Waals surface area contributed by atoms with Crippen molar-refractivity contribution < 1.29 is 12.8 Å². The number of rotatable bonds is 7. The lowest BCUT2D eigenvalue weighted by atomic mass is 10.2. The summed E-state index contributed by atoms with van der Waals surface area (Å²) < 4.78 is 40.7. The second-order valence-electron chi connectivity index (χ2n) is 7.44. The van der Waals surface area contributed by atoms with Gasteiger partial charge in [-0.3, -0.25) is 4.90 Å². The molecule has 7 heteroatoms. The molecule has 0 amide bonds. The van der Waals surface area contributed by atoms with Crippen LogP contribution in [0.5, 0.6) is 0 Å². The Morgan fingerprint density at radius 3 is 2.46 bits per heavy atom. The predicted octanol–water partition coefficient (Wildman–Crippen LogP) is 3.01. The smallest absolute Gasteiger partial charge is 0.240 e. The summed E-state index contributed by atoms with van der Waals surface area (Å²) in [6.07, 6.45) is 0.707. The molecular formula is C21H28FN3O2S. The van der Waals surface area contributed by atoms with Gasteiger partial charge >= 0.3 is 0 Å². The van der Waals surface area contributed by atoms with E-state index in [1.165, 1.54) is 29.4 Å². The molecule has 0 bridgehead atoms. The summed E-state index contributed by atoms with van der Waals surface area (Å²) in [5.74, 6) is -0.554. The maximum atomic E-state index is 13.3. The summed E-state index contributed by atoms with van der Waals surface area (Å²) in [6, 6.07) is 13.4. The maximum Gasteiger partial charge on any atom is 0.240 e. The average Bonchev–Trinajstić information content (AvgIpc) is 2.66. The molecule has 1 saturated heterocycles. The van der Waals surface area contributed by atoms with Gasteiger partial charge in [-0.2, -0.15) is 0 Å². The van der Waals surface area contributed by atoms with Gasteiger partial charge in [-0.05, 0) is 62.7 Å². The van der Waals surface area contributed by atoms with Crippen molar-refractivity contribution in [1.82, 2.24) is 9.62 Å². The molecule has 1 fully saturated rings. The minimum absolute atomic E-state index is 0.0360. The first kappa shape index (κ1) is 20.8. The van der Waals surface area contributed by atoms with Gasteiger partial charge in [-0.1, -0.05) is 18.2 Å². The molecule has 1 heterocycles. The fourth-order valence-electron chi connectivity index (χ4n) is 3.46. The zero-order valence-corrected chi connectivity index (χ0v) is 17.3. The molecule has 0 aliphatic carbocycles. The third-order valence-corrected chi connectivity index (χ3v) is 6.67. The lowest BCUT2D eigenvalue weighted by Gasteiger charge is -2.36. The SMILES string of the molecule is Cc1cccc(N2CCN(CCC(C)NS(=O)(=O)c3cccc(F)c3)CC2)c1. The largest absolute Gasteiger partial charge is 0.369 e. The fraction of sp³-hybridized carbons (Fsp3) is 0.429. The van der Waals surface area contributed by atoms with E-state index >= 15 is 0 Å². The second kappa shape index (κ2) is 9.03. The first-order chi connectivity index (χ1) is 13.3. The van der Waals surface area contributed by atoms with Crippen LogP contribution < -0.4 is 9.62 Å². The Hall–Kier alpha value is -1.96. The van der Waals surface area contributed by atoms with E-state index in [1.54, 1.807) is 0 Å². The molecule has 0 saturated carbocycles. The minimum atomic E-state index is -3.70. The van der Waals surface area contributed by atoms with Crippen LogP contribution in [0.2, 0.25) is 0 Å². The standard InChI is InChI=1S/C21H28FN3O2S/c1-17-5-3-7-20(15-17)25-13-11-24(12-14-25)10-9-18(2)23-28(26,27)21-8-4-6-19(22)16-21/h3-8,15-16,18,23H,9-14H2,1-2H3. The molecule has 5 nitrogen and oxygen atoms in total. The van der Waals surface area contributed by atoms with Crippen LogP contribution in [0.1, 0.15) is 18.9 Å². The predicted molar refractivity (Wildman–Crippen MR) is 111 cm³/mol. The number of halogens is 1. The van der Waals surface area contributed by atoms with Crippen LogP contribution in [0.4, 0.5) is 10.1 Å². The topological polar surface area (TPSA) is 52.6 Å². The fourth-order valence-corrected chi connectivity index (χ4v) is 4.77. The zero-order chi connectivity index (χ0) is 20.1. The Kier molecular flexibility index (Phi) is 6.69. The molecule has 152 valence electrons. The van der Waals surface area contributed by atoms with Gasteiger partial charge in [0.25, 0.3) is 0 Å². The van der Waals surface area contributed by atoms with Crippen LogP contribution in [0.3, 0.4) is 0 Å². The summed E-state index contributed by atoms with van der Waals surface area (Å²) in [5, 5.41) is 0. The van der Waals surface area contributed by atoms with E-state index in [2.05, 4.69) is 45.7 Å². The summed E-state index contributed by atoms with van der Waals surface area (Å²) in [4.78, 5) is 4.71. The van der Waals surface area contributed by atoms with Gasteiger partial charge in [-0.25, -0.2) is 17.5 Å². The molecule has 3 rings (SSSR count). The molecule has 28 heavy (non-hydrogen) atoms. The van der Waals surface area contributed by atoms with E-state index in [1.807, 2.05) is 6.92 Å². The summed E-state index contributed by atoms with van der Waals surface area (Å²) >= 11 is 0. The molecule has 2 aromatic rings. The number of benzene rings is 2. The van der Waals surface area contributed by atoms with Gasteiger partial charge in [0.05, 0.1) is 4.90 Å². The van der Waals surface area contributed by atoms with Gasteiger partial charge in [0.15, 0.2) is 0 Å². The molecule has 1 aliphatic rings. The van der Waals surface area contributed by atoms with Crippen molar-refractivity contribution in [1.29, 1.82) is 0 Å². The Morgan fingerprint density at radius 1 is 1.07 bits per heavy atom. The molecule has 0 aromatic heterocycles. The van der Waals surface area contributed by atoms with Crippen molar-refractivity contribution in [2.24, 2.45) is 0 Å². The van der Waals surface area contributed by atoms with Crippen LogP contribution in [-0.4, -0.2) is 52.1 Å². The van der Waals surface area contributed by atoms with E-state index < -0.39 is 15.8 Å². The summed E-state index contributed by atoms with van der Waals surface area (Å²) in [6.45, 7) is 8.62. The highest BCUT2D eigenvalue weighted by atomic mass is 32.2. The van der Waals surface area contributed by atoms with E-state index in [0.29, 0.717) is 6.42 Å². The maximum absolute atomic E-state index is 13.3. The van der Waals surface area contributed by atoms with Crippen molar-refractivity contribution in [3.63, 3.8) is 0 Å². The minimum Gasteiger partial charge on any atom is -0.369 e. The van der Waals surface area contributed by atoms with Crippen LogP contribution >= 0.6 is 0 Å². The lowest BCUT2D eigenvalue weighted by molar-refractivity contribution is 0.248. The number of hydrogen-bond acceptors (Lipinski definition) is 4. The third-order valence-electron chi connectivity index (χ3n) is 5.08. The van der Waals surface area contributed by atoms with Crippen molar-refractivity contribution >= 4 is 15.7 Å². The van der Waals surface area contributed by atoms with Crippen LogP contribution in [0.15, 0.2) is 53.4 Å². The number of piperazine rings is 1. The number of aryl methyl sites for hydroxylation is 1. The first-order valence-electron chi connectivity index (χ1n) is 9.65. The van der Waals surface area contributed by atoms with Crippen LogP contribution in [0.25, 0.3) is 0 Å². The quantitative estimate of drug-likeness (QED) is 0.769. The highest BCUT2D eigenvalue weighted by Crippen LogP contribution is 2.18. The third kappa shape index (κ3) is 5.53. The normalized spacial score (nSPS) is 16.9. The van der Waals surface area contributed by atoms with Gasteiger partial charge in [0.2, 0.25) is 10.0 Å². The van der Waals surface area contributed by atoms with E-state index in [4.69, 9.17) is 0 Å². The number of hydrogen-bond donors (Lipinski definition) is 1. The molecule has 0 radical (unpaired) electrons. The van der Waals surface area contributed by atoms with E-state index in [-0.39, 0.29) is 10.9 Å². The Balaban J connectivity index is 1.46. The molecule has 1 N–H and O–H groups in total. The van der Waals surface area contributed by atoms with Crippen molar-refractivity contribution in [2.45, 2.75) is 31.2 Å². The Labute approximate surface area is 167 Å². The molecule has 1 unspecified atom stereocenters. The van der Waals surface area contributed by atoms with Crippen molar-refractivity contribution in [3.8, 4) is 0 Å². The summed E-state index contributed by atoms with van der Waals surface area (Å²) in [5.41, 5.74) is 2.52. The lowest BCUT2D eigenvalue weighted by Crippen LogP contribution is -2.47. The van der Waals surface area contributed by atoms with Gasteiger partial charge in [0, 0.05) is 37.9 Å². The number of anilines is 1. The van der Waals surface area contributed by atoms with Gasteiger partial charge in [0.1, 0.15) is 5.82 Å². The van der Waals surface area contributed by atoms with Crippen LogP contribution in [0, 0.1) is 12.7 Å². The molecule has 2 aromatic carbocycles. The molecule has 1 aliphatic heterocycles. The Bertz CT molecular complexity index is 896. The Morgan fingerprint density at radius 2 is 1.79 bits per heavy atom. The van der Waals surface area contributed by atoms with Crippen molar-refractivity contribution in [2.75, 3.05) is 37.6 Å². The number of nitrogens with one attached hydrogen (secondary N) is 1. The molecule has 1 atom stereocenters. The van der Waals surface area contributed by atoms with Gasteiger partial charge in [-0.15, -0.1) is 0 Å². The average molecular weight is 406 g/mol.